The number of ether oxygens (including phenoxy) is 1. The van der Waals surface area contributed by atoms with E-state index in [1.165, 1.54) is 0 Å². The number of hydrogen-bond acceptors (Lipinski definition) is 4. The van der Waals surface area contributed by atoms with Crippen LogP contribution in [0, 0.1) is 5.41 Å². The SMILES string of the molecule is CCc1nccn1CC(=O)N1CCC[C@](COc2cccc(Cl)c2)(CC(N)=O)C1. The van der Waals surface area contributed by atoms with Crippen LogP contribution in [-0.2, 0) is 22.6 Å². The van der Waals surface area contributed by atoms with Gasteiger partial charge in [-0.1, -0.05) is 24.6 Å². The molecule has 156 valence electrons. The maximum absolute atomic E-state index is 12.9. The van der Waals surface area contributed by atoms with E-state index in [0.717, 1.165) is 25.1 Å². The lowest BCUT2D eigenvalue weighted by atomic mass is 9.77. The summed E-state index contributed by atoms with van der Waals surface area (Å²) in [4.78, 5) is 30.8. The zero-order valence-corrected chi connectivity index (χ0v) is 17.4. The van der Waals surface area contributed by atoms with Crippen LogP contribution >= 0.6 is 11.6 Å². The van der Waals surface area contributed by atoms with Gasteiger partial charge in [-0.05, 0) is 31.0 Å². The van der Waals surface area contributed by atoms with Gasteiger partial charge in [-0.3, -0.25) is 9.59 Å². The van der Waals surface area contributed by atoms with Crippen LogP contribution in [0.1, 0.15) is 32.0 Å². The van der Waals surface area contributed by atoms with E-state index in [9.17, 15) is 9.59 Å². The first-order valence-electron chi connectivity index (χ1n) is 9.85. The summed E-state index contributed by atoms with van der Waals surface area (Å²) < 4.78 is 7.83. The maximum atomic E-state index is 12.9. The molecule has 1 aromatic heterocycles. The second kappa shape index (κ2) is 9.31. The highest BCUT2D eigenvalue weighted by atomic mass is 35.5. The van der Waals surface area contributed by atoms with Crippen molar-refractivity contribution in [1.29, 1.82) is 0 Å². The Hall–Kier alpha value is -2.54. The summed E-state index contributed by atoms with van der Waals surface area (Å²) in [7, 11) is 0. The molecular formula is C21H27ClN4O3. The van der Waals surface area contributed by atoms with E-state index < -0.39 is 11.3 Å². The molecule has 0 unspecified atom stereocenters. The Kier molecular flexibility index (Phi) is 6.79. The van der Waals surface area contributed by atoms with E-state index in [1.807, 2.05) is 34.7 Å². The average Bonchev–Trinajstić information content (AvgIpc) is 3.13. The van der Waals surface area contributed by atoms with E-state index in [1.54, 1.807) is 18.3 Å². The number of imidazole rings is 1. The Labute approximate surface area is 175 Å². The van der Waals surface area contributed by atoms with E-state index in [0.29, 0.717) is 30.5 Å². The summed E-state index contributed by atoms with van der Waals surface area (Å²) in [6, 6.07) is 7.14. The molecule has 0 aliphatic carbocycles. The van der Waals surface area contributed by atoms with Crippen LogP contribution in [0.15, 0.2) is 36.7 Å². The largest absolute Gasteiger partial charge is 0.493 e. The predicted molar refractivity (Wildman–Crippen MR) is 111 cm³/mol. The monoisotopic (exact) mass is 418 g/mol. The lowest BCUT2D eigenvalue weighted by Crippen LogP contribution is -2.51. The highest BCUT2D eigenvalue weighted by Gasteiger charge is 2.39. The van der Waals surface area contributed by atoms with Crippen LogP contribution in [0.2, 0.25) is 5.02 Å². The number of carbonyl (C=O) groups excluding carboxylic acids is 2. The number of carbonyl (C=O) groups is 2. The lowest BCUT2D eigenvalue weighted by Gasteiger charge is -2.42. The van der Waals surface area contributed by atoms with Crippen molar-refractivity contribution in [2.24, 2.45) is 11.1 Å². The molecule has 0 spiro atoms. The van der Waals surface area contributed by atoms with Crippen molar-refractivity contribution in [3.63, 3.8) is 0 Å². The molecule has 7 nitrogen and oxygen atoms in total. The van der Waals surface area contributed by atoms with Gasteiger partial charge in [0.1, 0.15) is 18.1 Å². The molecule has 1 aliphatic rings. The van der Waals surface area contributed by atoms with Crippen molar-refractivity contribution in [2.75, 3.05) is 19.7 Å². The van der Waals surface area contributed by atoms with Gasteiger partial charge >= 0.3 is 0 Å². The van der Waals surface area contributed by atoms with E-state index >= 15 is 0 Å². The minimum atomic E-state index is -0.509. The fourth-order valence-corrected chi connectivity index (χ4v) is 4.12. The molecule has 0 radical (unpaired) electrons. The fourth-order valence-electron chi connectivity index (χ4n) is 3.94. The number of nitrogens with zero attached hydrogens (tertiary/aromatic N) is 3. The number of aromatic nitrogens is 2. The smallest absolute Gasteiger partial charge is 0.242 e. The zero-order chi connectivity index (χ0) is 20.9. The highest BCUT2D eigenvalue weighted by Crippen LogP contribution is 2.35. The summed E-state index contributed by atoms with van der Waals surface area (Å²) in [6.45, 7) is 3.64. The van der Waals surface area contributed by atoms with Crippen LogP contribution in [0.5, 0.6) is 5.75 Å². The van der Waals surface area contributed by atoms with Crippen LogP contribution in [0.4, 0.5) is 0 Å². The molecule has 1 aromatic carbocycles. The molecule has 1 fully saturated rings. The van der Waals surface area contributed by atoms with E-state index in [4.69, 9.17) is 22.1 Å². The summed E-state index contributed by atoms with van der Waals surface area (Å²) >= 11 is 6.03. The second-order valence-corrected chi connectivity index (χ2v) is 8.07. The minimum Gasteiger partial charge on any atom is -0.493 e. The number of amides is 2. The number of halogens is 1. The Morgan fingerprint density at radius 2 is 2.21 bits per heavy atom. The molecule has 2 N–H and O–H groups in total. The quantitative estimate of drug-likeness (QED) is 0.713. The summed E-state index contributed by atoms with van der Waals surface area (Å²) in [5.74, 6) is 1.13. The van der Waals surface area contributed by atoms with Crippen LogP contribution in [0.3, 0.4) is 0 Å². The number of primary amides is 1. The Bertz CT molecular complexity index is 869. The van der Waals surface area contributed by atoms with Gasteiger partial charge in [0.2, 0.25) is 11.8 Å². The van der Waals surface area contributed by atoms with Gasteiger partial charge in [-0.25, -0.2) is 4.98 Å². The van der Waals surface area contributed by atoms with Gasteiger partial charge in [-0.2, -0.15) is 0 Å². The van der Waals surface area contributed by atoms with Crippen molar-refractivity contribution in [3.05, 3.63) is 47.5 Å². The Balaban J connectivity index is 1.71. The molecule has 29 heavy (non-hydrogen) atoms. The molecule has 2 heterocycles. The first-order valence-corrected chi connectivity index (χ1v) is 10.2. The lowest BCUT2D eigenvalue weighted by molar-refractivity contribution is -0.138. The van der Waals surface area contributed by atoms with E-state index in [-0.39, 0.29) is 18.9 Å². The summed E-state index contributed by atoms with van der Waals surface area (Å²) in [5, 5.41) is 0.582. The van der Waals surface area contributed by atoms with Crippen LogP contribution in [0.25, 0.3) is 0 Å². The number of rotatable bonds is 8. The molecule has 1 atom stereocenters. The molecule has 1 aliphatic heterocycles. The molecular weight excluding hydrogens is 392 g/mol. The molecule has 2 aromatic rings. The Morgan fingerprint density at radius 3 is 2.93 bits per heavy atom. The number of likely N-dealkylation sites (tertiary alicyclic amines) is 1. The maximum Gasteiger partial charge on any atom is 0.242 e. The van der Waals surface area contributed by atoms with Crippen molar-refractivity contribution in [1.82, 2.24) is 14.5 Å². The number of nitrogens with two attached hydrogens (primary N) is 1. The van der Waals surface area contributed by atoms with Crippen LogP contribution in [-0.4, -0.2) is 46.0 Å². The average molecular weight is 419 g/mol. The van der Waals surface area contributed by atoms with Gasteiger partial charge in [-0.15, -0.1) is 0 Å². The highest BCUT2D eigenvalue weighted by molar-refractivity contribution is 6.30. The van der Waals surface area contributed by atoms with Crippen molar-refractivity contribution in [2.45, 2.75) is 39.2 Å². The Morgan fingerprint density at radius 1 is 1.38 bits per heavy atom. The third-order valence-corrected chi connectivity index (χ3v) is 5.56. The number of piperidine rings is 1. The number of hydrogen-bond donors (Lipinski definition) is 1. The van der Waals surface area contributed by atoms with Gasteiger partial charge in [0, 0.05) is 48.8 Å². The van der Waals surface area contributed by atoms with Gasteiger partial charge in [0.15, 0.2) is 0 Å². The second-order valence-electron chi connectivity index (χ2n) is 7.63. The van der Waals surface area contributed by atoms with Crippen molar-refractivity contribution < 1.29 is 14.3 Å². The molecule has 0 saturated carbocycles. The third kappa shape index (κ3) is 5.50. The minimum absolute atomic E-state index is 0.00833. The van der Waals surface area contributed by atoms with Crippen LogP contribution < -0.4 is 10.5 Å². The predicted octanol–water partition coefficient (Wildman–Crippen LogP) is 2.66. The van der Waals surface area contributed by atoms with Crippen molar-refractivity contribution >= 4 is 23.4 Å². The fraction of sp³-hybridized carbons (Fsp3) is 0.476. The molecule has 0 bridgehead atoms. The number of aryl methyl sites for hydroxylation is 1. The first-order chi connectivity index (χ1) is 13.9. The molecule has 8 heteroatoms. The summed E-state index contributed by atoms with van der Waals surface area (Å²) in [5.41, 5.74) is 5.03. The zero-order valence-electron chi connectivity index (χ0n) is 16.6. The first kappa shape index (κ1) is 21.2. The van der Waals surface area contributed by atoms with E-state index in [2.05, 4.69) is 4.98 Å². The standard InChI is InChI=1S/C21H27ClN4O3/c1-2-19-24-8-10-25(19)13-20(28)26-9-4-7-21(14-26,12-18(23)27)15-29-17-6-3-5-16(22)11-17/h3,5-6,8,10-11H,2,4,7,9,12-15H2,1H3,(H2,23,27)/t21-/m0/s1. The molecule has 1 saturated heterocycles. The van der Waals surface area contributed by atoms with Gasteiger partial charge in [0.25, 0.3) is 0 Å². The molecule has 2 amide bonds. The molecule has 3 rings (SSSR count). The van der Waals surface area contributed by atoms with Crippen molar-refractivity contribution in [3.8, 4) is 5.75 Å². The summed E-state index contributed by atoms with van der Waals surface area (Å²) in [6.07, 6.45) is 6.02. The normalized spacial score (nSPS) is 19.2. The van der Waals surface area contributed by atoms with Gasteiger partial charge < -0.3 is 19.9 Å². The number of benzene rings is 1. The topological polar surface area (TPSA) is 90.4 Å². The van der Waals surface area contributed by atoms with Gasteiger partial charge in [0.05, 0.1) is 6.61 Å². The third-order valence-electron chi connectivity index (χ3n) is 5.33.